The highest BCUT2D eigenvalue weighted by molar-refractivity contribution is 8.18. The lowest BCUT2D eigenvalue weighted by Crippen LogP contribution is -2.19. The van der Waals surface area contributed by atoms with Crippen LogP contribution in [-0.2, 0) is 4.79 Å². The third-order valence-corrected chi connectivity index (χ3v) is 6.13. The Morgan fingerprint density at radius 2 is 1.83 bits per heavy atom. The number of aryl methyl sites for hydroxylation is 2. The van der Waals surface area contributed by atoms with E-state index in [0.717, 1.165) is 16.8 Å². The number of nitrogens with zero attached hydrogens (tertiary/aromatic N) is 1. The number of amidine groups is 1. The summed E-state index contributed by atoms with van der Waals surface area (Å²) in [5.74, 6) is 1.00. The third kappa shape index (κ3) is 4.42. The highest BCUT2D eigenvalue weighted by Gasteiger charge is 2.24. The molecule has 3 aromatic rings. The summed E-state index contributed by atoms with van der Waals surface area (Å²) < 4.78 is 5.85. The van der Waals surface area contributed by atoms with Crippen molar-refractivity contribution in [3.8, 4) is 11.3 Å². The van der Waals surface area contributed by atoms with Gasteiger partial charge >= 0.3 is 0 Å². The van der Waals surface area contributed by atoms with Gasteiger partial charge in [0.15, 0.2) is 5.17 Å². The van der Waals surface area contributed by atoms with Crippen LogP contribution in [0.15, 0.2) is 62.8 Å². The molecule has 4 rings (SSSR count). The summed E-state index contributed by atoms with van der Waals surface area (Å²) in [6, 6.07) is 14.9. The second-order valence-corrected chi connectivity index (χ2v) is 8.43. The van der Waals surface area contributed by atoms with E-state index in [1.807, 2.05) is 37.3 Å². The molecule has 4 nitrogen and oxygen atoms in total. The van der Waals surface area contributed by atoms with Crippen LogP contribution < -0.4 is 5.32 Å². The number of hydrogen-bond donors (Lipinski definition) is 1. The number of furan rings is 1. The standard InChI is InChI=1S/C22H16Cl2N2O2S/c1-12-3-5-15(9-13(12)2)25-22-26-21(27)20(29-22)11-16-6-8-19(28-16)14-4-7-17(23)18(24)10-14/h3-11H,1-2H3,(H,25,26,27). The average Bonchev–Trinajstić information content (AvgIpc) is 3.28. The first-order chi connectivity index (χ1) is 13.9. The molecule has 1 amide bonds. The van der Waals surface area contributed by atoms with Crippen molar-refractivity contribution in [3.05, 3.63) is 80.4 Å². The summed E-state index contributed by atoms with van der Waals surface area (Å²) in [7, 11) is 0. The highest BCUT2D eigenvalue weighted by atomic mass is 35.5. The molecule has 29 heavy (non-hydrogen) atoms. The fourth-order valence-corrected chi connectivity index (χ4v) is 3.88. The number of halogens is 2. The summed E-state index contributed by atoms with van der Waals surface area (Å²) in [4.78, 5) is 17.3. The maximum atomic E-state index is 12.3. The number of hydrogen-bond acceptors (Lipinski definition) is 4. The monoisotopic (exact) mass is 442 g/mol. The SMILES string of the molecule is Cc1ccc(N=C2NC(=O)C(=Cc3ccc(-c4ccc(Cl)c(Cl)c4)o3)S2)cc1C. The first-order valence-electron chi connectivity index (χ1n) is 8.81. The van der Waals surface area contributed by atoms with Crippen LogP contribution in [0.1, 0.15) is 16.9 Å². The van der Waals surface area contributed by atoms with Crippen molar-refractivity contribution >= 4 is 57.8 Å². The number of carbonyl (C=O) groups excluding carboxylic acids is 1. The highest BCUT2D eigenvalue weighted by Crippen LogP contribution is 2.32. The van der Waals surface area contributed by atoms with Crippen LogP contribution in [0.3, 0.4) is 0 Å². The minimum absolute atomic E-state index is 0.204. The van der Waals surface area contributed by atoms with Crippen LogP contribution in [0.2, 0.25) is 10.0 Å². The Kier molecular flexibility index (Phi) is 5.54. The second kappa shape index (κ2) is 8.11. The molecule has 2 aromatic carbocycles. The number of carbonyl (C=O) groups is 1. The van der Waals surface area contributed by atoms with Crippen LogP contribution in [0, 0.1) is 13.8 Å². The zero-order valence-electron chi connectivity index (χ0n) is 15.6. The molecule has 146 valence electrons. The molecule has 1 aliphatic heterocycles. The van der Waals surface area contributed by atoms with Crippen molar-refractivity contribution in [2.75, 3.05) is 0 Å². The Bertz CT molecular complexity index is 1180. The van der Waals surface area contributed by atoms with Gasteiger partial charge in [-0.25, -0.2) is 4.99 Å². The summed E-state index contributed by atoms with van der Waals surface area (Å²) in [5, 5.41) is 4.28. The van der Waals surface area contributed by atoms with Gasteiger partial charge in [-0.2, -0.15) is 0 Å². The smallest absolute Gasteiger partial charge is 0.264 e. The van der Waals surface area contributed by atoms with Crippen LogP contribution in [0.25, 0.3) is 17.4 Å². The Labute approximate surface area is 182 Å². The molecule has 0 atom stereocenters. The van der Waals surface area contributed by atoms with Crippen molar-refractivity contribution in [2.45, 2.75) is 13.8 Å². The number of benzene rings is 2. The van der Waals surface area contributed by atoms with Crippen LogP contribution in [-0.4, -0.2) is 11.1 Å². The quantitative estimate of drug-likeness (QED) is 0.455. The molecule has 0 saturated carbocycles. The van der Waals surface area contributed by atoms with E-state index in [1.165, 1.54) is 17.3 Å². The van der Waals surface area contributed by atoms with Gasteiger partial charge in [-0.15, -0.1) is 0 Å². The molecule has 1 N–H and O–H groups in total. The Morgan fingerprint density at radius 1 is 1.00 bits per heavy atom. The Balaban J connectivity index is 1.55. The van der Waals surface area contributed by atoms with Crippen molar-refractivity contribution in [2.24, 2.45) is 4.99 Å². The van der Waals surface area contributed by atoms with E-state index in [0.29, 0.717) is 31.6 Å². The van der Waals surface area contributed by atoms with Gasteiger partial charge < -0.3 is 9.73 Å². The number of aliphatic imine (C=N–C) groups is 1. The lowest BCUT2D eigenvalue weighted by molar-refractivity contribution is -0.115. The molecule has 0 radical (unpaired) electrons. The maximum Gasteiger partial charge on any atom is 0.264 e. The van der Waals surface area contributed by atoms with Gasteiger partial charge in [0, 0.05) is 11.6 Å². The first-order valence-corrected chi connectivity index (χ1v) is 10.4. The topological polar surface area (TPSA) is 54.6 Å². The Hall–Kier alpha value is -2.47. The molecule has 2 heterocycles. The Morgan fingerprint density at radius 3 is 2.59 bits per heavy atom. The molecule has 0 unspecified atom stereocenters. The summed E-state index contributed by atoms with van der Waals surface area (Å²) in [6.07, 6.45) is 1.70. The minimum Gasteiger partial charge on any atom is -0.457 e. The van der Waals surface area contributed by atoms with Crippen molar-refractivity contribution in [1.82, 2.24) is 5.32 Å². The van der Waals surface area contributed by atoms with Crippen LogP contribution >= 0.6 is 35.0 Å². The molecule has 1 aromatic heterocycles. The summed E-state index contributed by atoms with van der Waals surface area (Å²) >= 11 is 13.3. The largest absolute Gasteiger partial charge is 0.457 e. The molecule has 1 fully saturated rings. The molecule has 0 spiro atoms. The van der Waals surface area contributed by atoms with E-state index in [4.69, 9.17) is 27.6 Å². The molecular formula is C22H16Cl2N2O2S. The van der Waals surface area contributed by atoms with Gasteiger partial charge in [0.25, 0.3) is 5.91 Å². The van der Waals surface area contributed by atoms with Gasteiger partial charge in [0.1, 0.15) is 11.5 Å². The van der Waals surface area contributed by atoms with Gasteiger partial charge in [0.05, 0.1) is 20.6 Å². The lowest BCUT2D eigenvalue weighted by Gasteiger charge is -2.01. The van der Waals surface area contributed by atoms with Crippen molar-refractivity contribution in [1.29, 1.82) is 0 Å². The average molecular weight is 443 g/mol. The predicted octanol–water partition coefficient (Wildman–Crippen LogP) is 6.76. The number of thioether (sulfide) groups is 1. The maximum absolute atomic E-state index is 12.3. The van der Waals surface area contributed by atoms with Gasteiger partial charge in [-0.1, -0.05) is 29.3 Å². The van der Waals surface area contributed by atoms with E-state index < -0.39 is 0 Å². The van der Waals surface area contributed by atoms with Gasteiger partial charge in [0.2, 0.25) is 0 Å². The van der Waals surface area contributed by atoms with E-state index in [2.05, 4.69) is 17.2 Å². The van der Waals surface area contributed by atoms with Crippen LogP contribution in [0.4, 0.5) is 5.69 Å². The normalized spacial score (nSPS) is 16.6. The van der Waals surface area contributed by atoms with E-state index in [-0.39, 0.29) is 5.91 Å². The molecule has 0 aliphatic carbocycles. The van der Waals surface area contributed by atoms with E-state index in [9.17, 15) is 4.79 Å². The van der Waals surface area contributed by atoms with Crippen molar-refractivity contribution < 1.29 is 9.21 Å². The number of nitrogens with one attached hydrogen (secondary N) is 1. The van der Waals surface area contributed by atoms with E-state index >= 15 is 0 Å². The summed E-state index contributed by atoms with van der Waals surface area (Å²) in [5.41, 5.74) is 3.97. The number of rotatable bonds is 3. The predicted molar refractivity (Wildman–Crippen MR) is 121 cm³/mol. The molecule has 0 bridgehead atoms. The van der Waals surface area contributed by atoms with Gasteiger partial charge in [-0.3, -0.25) is 4.79 Å². The number of amides is 1. The lowest BCUT2D eigenvalue weighted by atomic mass is 10.1. The van der Waals surface area contributed by atoms with Gasteiger partial charge in [-0.05, 0) is 79.2 Å². The third-order valence-electron chi connectivity index (χ3n) is 4.48. The molecule has 1 saturated heterocycles. The van der Waals surface area contributed by atoms with E-state index in [1.54, 1.807) is 24.3 Å². The fraction of sp³-hybridized carbons (Fsp3) is 0.0909. The zero-order valence-corrected chi connectivity index (χ0v) is 18.0. The first kappa shape index (κ1) is 19.8. The van der Waals surface area contributed by atoms with Crippen molar-refractivity contribution in [3.63, 3.8) is 0 Å². The zero-order chi connectivity index (χ0) is 20.5. The van der Waals surface area contributed by atoms with Crippen LogP contribution in [0.5, 0.6) is 0 Å². The fourth-order valence-electron chi connectivity index (χ4n) is 2.76. The molecule has 7 heteroatoms. The summed E-state index contributed by atoms with van der Waals surface area (Å²) in [6.45, 7) is 4.09. The minimum atomic E-state index is -0.204. The molecule has 1 aliphatic rings. The second-order valence-electron chi connectivity index (χ2n) is 6.58. The molecular weight excluding hydrogens is 427 g/mol.